The predicted octanol–water partition coefficient (Wildman–Crippen LogP) is -1.01. The van der Waals surface area contributed by atoms with E-state index in [0.717, 1.165) is 19.0 Å². The van der Waals surface area contributed by atoms with Gasteiger partial charge >= 0.3 is 0 Å². The first kappa shape index (κ1) is 8.43. The van der Waals surface area contributed by atoms with Crippen molar-refractivity contribution in [2.45, 2.75) is 13.0 Å². The van der Waals surface area contributed by atoms with Crippen LogP contribution >= 0.6 is 0 Å². The minimum absolute atomic E-state index is 0.233. The summed E-state index contributed by atoms with van der Waals surface area (Å²) < 4.78 is 1.67. The summed E-state index contributed by atoms with van der Waals surface area (Å²) in [6.45, 7) is 3.93. The minimum atomic E-state index is 0.233. The molecular formula is C7H14N6. The standard InChI is InChI=1S/C7H14N6/c1-5-3-13(4-6(5)8)7-9-10-11-12(7)2/h5-6H,3-4,8H2,1-2H3. The van der Waals surface area contributed by atoms with Crippen LogP contribution < -0.4 is 10.6 Å². The van der Waals surface area contributed by atoms with Crippen molar-refractivity contribution in [3.8, 4) is 0 Å². The Balaban J connectivity index is 2.16. The van der Waals surface area contributed by atoms with Gasteiger partial charge in [0.1, 0.15) is 0 Å². The highest BCUT2D eigenvalue weighted by Gasteiger charge is 2.29. The fourth-order valence-corrected chi connectivity index (χ4v) is 1.65. The Kier molecular flexibility index (Phi) is 1.91. The summed E-state index contributed by atoms with van der Waals surface area (Å²) in [7, 11) is 1.84. The second kappa shape index (κ2) is 2.95. The molecule has 6 nitrogen and oxygen atoms in total. The van der Waals surface area contributed by atoms with Gasteiger partial charge in [-0.15, -0.1) is 0 Å². The summed E-state index contributed by atoms with van der Waals surface area (Å²) in [5.74, 6) is 1.32. The molecule has 0 amide bonds. The molecule has 1 fully saturated rings. The van der Waals surface area contributed by atoms with E-state index >= 15 is 0 Å². The van der Waals surface area contributed by atoms with Gasteiger partial charge in [0.25, 0.3) is 0 Å². The topological polar surface area (TPSA) is 72.9 Å². The van der Waals surface area contributed by atoms with Gasteiger partial charge in [0, 0.05) is 26.2 Å². The average Bonchev–Trinajstić information content (AvgIpc) is 2.60. The average molecular weight is 182 g/mol. The van der Waals surface area contributed by atoms with Gasteiger partial charge in [-0.25, -0.2) is 4.68 Å². The molecule has 1 saturated heterocycles. The Morgan fingerprint density at radius 3 is 2.69 bits per heavy atom. The number of tetrazole rings is 1. The lowest BCUT2D eigenvalue weighted by Crippen LogP contribution is -2.29. The number of hydrogen-bond acceptors (Lipinski definition) is 5. The molecule has 1 aliphatic rings. The fraction of sp³-hybridized carbons (Fsp3) is 0.857. The SMILES string of the molecule is CC1CN(c2nnnn2C)CC1N. The van der Waals surface area contributed by atoms with E-state index in [9.17, 15) is 0 Å². The van der Waals surface area contributed by atoms with Crippen LogP contribution in [0.2, 0.25) is 0 Å². The molecule has 1 aromatic heterocycles. The molecule has 0 radical (unpaired) electrons. The fourth-order valence-electron chi connectivity index (χ4n) is 1.65. The Morgan fingerprint density at radius 2 is 2.23 bits per heavy atom. The molecule has 2 atom stereocenters. The zero-order valence-electron chi connectivity index (χ0n) is 7.88. The number of aromatic nitrogens is 4. The third kappa shape index (κ3) is 1.37. The summed E-state index contributed by atoms with van der Waals surface area (Å²) in [5, 5.41) is 11.3. The lowest BCUT2D eigenvalue weighted by atomic mass is 10.1. The monoisotopic (exact) mass is 182 g/mol. The van der Waals surface area contributed by atoms with Crippen molar-refractivity contribution in [3.63, 3.8) is 0 Å². The van der Waals surface area contributed by atoms with Crippen LogP contribution in [0.5, 0.6) is 0 Å². The van der Waals surface area contributed by atoms with Crippen LogP contribution in [0.3, 0.4) is 0 Å². The first-order valence-corrected chi connectivity index (χ1v) is 4.41. The smallest absolute Gasteiger partial charge is 0.245 e. The maximum absolute atomic E-state index is 5.91. The first-order valence-electron chi connectivity index (χ1n) is 4.41. The third-order valence-electron chi connectivity index (χ3n) is 2.55. The summed E-state index contributed by atoms with van der Waals surface area (Å²) in [6, 6.07) is 0.233. The van der Waals surface area contributed by atoms with E-state index in [1.165, 1.54) is 0 Å². The maximum Gasteiger partial charge on any atom is 0.245 e. The second-order valence-electron chi connectivity index (χ2n) is 3.65. The van der Waals surface area contributed by atoms with Crippen LogP contribution in [0.1, 0.15) is 6.92 Å². The van der Waals surface area contributed by atoms with Gasteiger partial charge in [0.15, 0.2) is 0 Å². The molecule has 1 aliphatic heterocycles. The minimum Gasteiger partial charge on any atom is -0.338 e. The molecule has 2 N–H and O–H groups in total. The first-order chi connectivity index (χ1) is 6.18. The Morgan fingerprint density at radius 1 is 1.46 bits per heavy atom. The molecule has 13 heavy (non-hydrogen) atoms. The molecule has 72 valence electrons. The van der Waals surface area contributed by atoms with E-state index < -0.39 is 0 Å². The highest BCUT2D eigenvalue weighted by molar-refractivity contribution is 5.31. The van der Waals surface area contributed by atoms with Crippen LogP contribution in [0.25, 0.3) is 0 Å². The Labute approximate surface area is 76.7 Å². The maximum atomic E-state index is 5.91. The van der Waals surface area contributed by atoms with Crippen LogP contribution in [-0.2, 0) is 7.05 Å². The van der Waals surface area contributed by atoms with Gasteiger partial charge in [-0.2, -0.15) is 0 Å². The Hall–Kier alpha value is -1.17. The predicted molar refractivity (Wildman–Crippen MR) is 48.2 cm³/mol. The van der Waals surface area contributed by atoms with Gasteiger partial charge in [0.2, 0.25) is 5.95 Å². The highest BCUT2D eigenvalue weighted by atomic mass is 15.6. The largest absolute Gasteiger partial charge is 0.338 e. The molecule has 6 heteroatoms. The number of aryl methyl sites for hydroxylation is 1. The summed E-state index contributed by atoms with van der Waals surface area (Å²) in [5.41, 5.74) is 5.91. The zero-order valence-corrected chi connectivity index (χ0v) is 7.88. The second-order valence-corrected chi connectivity index (χ2v) is 3.65. The van der Waals surface area contributed by atoms with Crippen LogP contribution in [0.15, 0.2) is 0 Å². The van der Waals surface area contributed by atoms with Crippen molar-refractivity contribution >= 4 is 5.95 Å². The van der Waals surface area contributed by atoms with Crippen LogP contribution in [0.4, 0.5) is 5.95 Å². The van der Waals surface area contributed by atoms with E-state index in [1.54, 1.807) is 4.68 Å². The number of nitrogens with zero attached hydrogens (tertiary/aromatic N) is 5. The van der Waals surface area contributed by atoms with Crippen molar-refractivity contribution in [2.24, 2.45) is 18.7 Å². The van der Waals surface area contributed by atoms with E-state index in [-0.39, 0.29) is 6.04 Å². The molecular weight excluding hydrogens is 168 g/mol. The summed E-state index contributed by atoms with van der Waals surface area (Å²) in [4.78, 5) is 2.12. The van der Waals surface area contributed by atoms with Crippen molar-refractivity contribution < 1.29 is 0 Å². The van der Waals surface area contributed by atoms with Crippen LogP contribution in [-0.4, -0.2) is 39.3 Å². The molecule has 0 bridgehead atoms. The van der Waals surface area contributed by atoms with E-state index in [2.05, 4.69) is 27.3 Å². The number of anilines is 1. The van der Waals surface area contributed by atoms with Gasteiger partial charge in [0.05, 0.1) is 0 Å². The summed E-state index contributed by atoms with van der Waals surface area (Å²) >= 11 is 0. The molecule has 0 aliphatic carbocycles. The van der Waals surface area contributed by atoms with Gasteiger partial charge < -0.3 is 10.6 Å². The lowest BCUT2D eigenvalue weighted by molar-refractivity contribution is 0.565. The van der Waals surface area contributed by atoms with Gasteiger partial charge in [-0.05, 0) is 16.3 Å². The number of nitrogens with two attached hydrogens (primary N) is 1. The van der Waals surface area contributed by atoms with Crippen molar-refractivity contribution in [3.05, 3.63) is 0 Å². The molecule has 0 saturated carbocycles. The highest BCUT2D eigenvalue weighted by Crippen LogP contribution is 2.19. The van der Waals surface area contributed by atoms with E-state index in [1.807, 2.05) is 7.05 Å². The summed E-state index contributed by atoms with van der Waals surface area (Å²) in [6.07, 6.45) is 0. The molecule has 2 heterocycles. The van der Waals surface area contributed by atoms with Crippen molar-refractivity contribution in [1.29, 1.82) is 0 Å². The van der Waals surface area contributed by atoms with E-state index in [0.29, 0.717) is 5.92 Å². The molecule has 0 aromatic carbocycles. The third-order valence-corrected chi connectivity index (χ3v) is 2.55. The zero-order chi connectivity index (χ0) is 9.42. The van der Waals surface area contributed by atoms with Crippen molar-refractivity contribution in [2.75, 3.05) is 18.0 Å². The molecule has 0 spiro atoms. The molecule has 2 rings (SSSR count). The number of rotatable bonds is 1. The quantitative estimate of drug-likeness (QED) is 0.602. The molecule has 2 unspecified atom stereocenters. The van der Waals surface area contributed by atoms with Gasteiger partial charge in [-0.1, -0.05) is 12.0 Å². The Bertz CT molecular complexity index is 285. The van der Waals surface area contributed by atoms with Gasteiger partial charge in [-0.3, -0.25) is 0 Å². The normalized spacial score (nSPS) is 28.4. The molecule has 1 aromatic rings. The van der Waals surface area contributed by atoms with Crippen LogP contribution in [0, 0.1) is 5.92 Å². The van der Waals surface area contributed by atoms with Crippen molar-refractivity contribution in [1.82, 2.24) is 20.2 Å². The lowest BCUT2D eigenvalue weighted by Gasteiger charge is -2.14. The van der Waals surface area contributed by atoms with E-state index in [4.69, 9.17) is 5.73 Å². The number of hydrogen-bond donors (Lipinski definition) is 1.